The van der Waals surface area contributed by atoms with Crippen LogP contribution in [0.25, 0.3) is 0 Å². The highest BCUT2D eigenvalue weighted by Crippen LogP contribution is 2.48. The topological polar surface area (TPSA) is 23.8 Å². The number of halogens is 2. The van der Waals surface area contributed by atoms with Crippen LogP contribution in [0.2, 0.25) is 0 Å². The van der Waals surface area contributed by atoms with E-state index in [-0.39, 0.29) is 17.4 Å². The van der Waals surface area contributed by atoms with E-state index in [0.717, 1.165) is 31.4 Å². The van der Waals surface area contributed by atoms with Crippen LogP contribution in [0.4, 0.5) is 8.78 Å². The Morgan fingerprint density at radius 3 is 2.61 bits per heavy atom. The zero-order valence-corrected chi connectivity index (χ0v) is 13.2. The minimum atomic E-state index is -1.71. The zero-order chi connectivity index (χ0) is 19.1. The first-order valence-corrected chi connectivity index (χ1v) is 8.22. The molecule has 1 nitrogen and oxygen atoms in total. The number of hydrogen-bond acceptors (Lipinski definition) is 1. The Balaban J connectivity index is 1.94. The molecule has 2 aliphatic rings. The molecule has 2 aliphatic carbocycles. The fourth-order valence-electron chi connectivity index (χ4n) is 3.96. The number of nitrogens with zero attached hydrogens (tertiary/aromatic N) is 1. The largest absolute Gasteiger partial charge is 0.205 e. The molecule has 23 heavy (non-hydrogen) atoms. The molecule has 0 heterocycles. The van der Waals surface area contributed by atoms with Crippen molar-refractivity contribution in [2.24, 2.45) is 17.8 Å². The number of benzene rings is 1. The third kappa shape index (κ3) is 3.32. The minimum Gasteiger partial charge on any atom is -0.205 e. The molecular weight excluding hydrogens is 292 g/mol. The molecule has 0 aliphatic heterocycles. The standard InChI is InChI=1S/C20H23F2N/c1-2-3-13-4-5-15-9-16(7-6-14(15)8-13)17-10-19(21)18(12-23)20(22)11-17/h2-3,10-11,13-16H,4-9H2,1H3/b3-2+/i7D2,9D. The van der Waals surface area contributed by atoms with Gasteiger partial charge in [0.1, 0.15) is 23.3 Å². The van der Waals surface area contributed by atoms with Crippen molar-refractivity contribution >= 4 is 0 Å². The van der Waals surface area contributed by atoms with E-state index in [9.17, 15) is 8.78 Å². The van der Waals surface area contributed by atoms with Crippen molar-refractivity contribution in [2.45, 2.75) is 51.3 Å². The fraction of sp³-hybridized carbons (Fsp3) is 0.550. The molecule has 2 fully saturated rings. The SMILES string of the molecule is [2H]C1C2CCC(/C=C/C)CC2CC([2H])([2H])C1c1cc(F)c(C#N)c(F)c1. The molecule has 122 valence electrons. The van der Waals surface area contributed by atoms with Crippen molar-refractivity contribution in [3.8, 4) is 6.07 Å². The Morgan fingerprint density at radius 2 is 1.96 bits per heavy atom. The van der Waals surface area contributed by atoms with E-state index >= 15 is 0 Å². The third-order valence-electron chi connectivity index (χ3n) is 5.12. The molecule has 2 saturated carbocycles. The van der Waals surface area contributed by atoms with Gasteiger partial charge in [0, 0.05) is 4.11 Å². The average molecular weight is 318 g/mol. The van der Waals surface area contributed by atoms with Crippen LogP contribution in [0, 0.1) is 40.7 Å². The lowest BCUT2D eigenvalue weighted by Crippen LogP contribution is -2.30. The van der Waals surface area contributed by atoms with Crippen molar-refractivity contribution in [3.05, 3.63) is 47.0 Å². The molecule has 3 rings (SSSR count). The molecule has 3 heteroatoms. The summed E-state index contributed by atoms with van der Waals surface area (Å²) in [7, 11) is 0. The number of allylic oxidation sites excluding steroid dienone is 2. The molecule has 1 aromatic carbocycles. The Labute approximate surface area is 141 Å². The van der Waals surface area contributed by atoms with Crippen LogP contribution in [0.15, 0.2) is 24.3 Å². The predicted molar refractivity (Wildman–Crippen MR) is 86.8 cm³/mol. The maximum Gasteiger partial charge on any atom is 0.144 e. The number of nitriles is 1. The predicted octanol–water partition coefficient (Wildman–Crippen LogP) is 5.71. The van der Waals surface area contributed by atoms with Gasteiger partial charge in [0.15, 0.2) is 0 Å². The Kier molecular flexibility index (Phi) is 3.77. The lowest BCUT2D eigenvalue weighted by molar-refractivity contribution is 0.133. The summed E-state index contributed by atoms with van der Waals surface area (Å²) in [6.45, 7) is 1.98. The van der Waals surface area contributed by atoms with Gasteiger partial charge in [0.25, 0.3) is 0 Å². The number of fused-ring (bicyclic) bond motifs is 1. The summed E-state index contributed by atoms with van der Waals surface area (Å²) in [6, 6.07) is 3.57. The lowest BCUT2D eigenvalue weighted by atomic mass is 9.64. The second kappa shape index (κ2) is 6.83. The van der Waals surface area contributed by atoms with Gasteiger partial charge in [-0.25, -0.2) is 8.78 Å². The number of hydrogen-bond donors (Lipinski definition) is 0. The van der Waals surface area contributed by atoms with Crippen molar-refractivity contribution < 1.29 is 12.9 Å². The maximum atomic E-state index is 14.1. The zero-order valence-electron chi connectivity index (χ0n) is 16.2. The maximum absolute atomic E-state index is 14.1. The first kappa shape index (κ1) is 12.7. The minimum absolute atomic E-state index is 0.0343. The van der Waals surface area contributed by atoms with Crippen molar-refractivity contribution in [2.75, 3.05) is 0 Å². The summed E-state index contributed by atoms with van der Waals surface area (Å²) in [4.78, 5) is 0. The van der Waals surface area contributed by atoms with E-state index in [1.54, 1.807) is 0 Å². The molecule has 0 N–H and O–H groups in total. The van der Waals surface area contributed by atoms with Gasteiger partial charge < -0.3 is 0 Å². The van der Waals surface area contributed by atoms with Gasteiger partial charge in [-0.3, -0.25) is 0 Å². The lowest BCUT2D eigenvalue weighted by Gasteiger charge is -2.41. The average Bonchev–Trinajstić information content (AvgIpc) is 2.53. The van der Waals surface area contributed by atoms with Crippen LogP contribution in [0.5, 0.6) is 0 Å². The quantitative estimate of drug-likeness (QED) is 0.640. The first-order chi connectivity index (χ1) is 12.3. The molecule has 0 bridgehead atoms. The van der Waals surface area contributed by atoms with Gasteiger partial charge in [0.05, 0.1) is 0 Å². The van der Waals surface area contributed by atoms with E-state index < -0.39 is 35.9 Å². The highest BCUT2D eigenvalue weighted by Gasteiger charge is 2.35. The molecule has 0 aromatic heterocycles. The summed E-state index contributed by atoms with van der Waals surface area (Å²) < 4.78 is 53.8. The normalized spacial score (nSPS) is 38.2. The van der Waals surface area contributed by atoms with Crippen LogP contribution in [0.1, 0.15) is 66.5 Å². The molecule has 0 spiro atoms. The Morgan fingerprint density at radius 1 is 1.22 bits per heavy atom. The van der Waals surface area contributed by atoms with Crippen LogP contribution in [0.3, 0.4) is 0 Å². The molecular formula is C20H23F2N. The summed E-state index contributed by atoms with van der Waals surface area (Å²) in [5, 5.41) is 8.83. The van der Waals surface area contributed by atoms with Crippen LogP contribution >= 0.6 is 0 Å². The highest BCUT2D eigenvalue weighted by atomic mass is 19.1. The number of rotatable bonds is 2. The summed E-state index contributed by atoms with van der Waals surface area (Å²) in [5.41, 5.74) is -0.505. The molecule has 5 unspecified atom stereocenters. The van der Waals surface area contributed by atoms with E-state index in [1.165, 1.54) is 6.07 Å². The second-order valence-corrected chi connectivity index (χ2v) is 6.57. The first-order valence-electron chi connectivity index (χ1n) is 9.80. The van der Waals surface area contributed by atoms with E-state index in [0.29, 0.717) is 12.3 Å². The Hall–Kier alpha value is -1.69. The molecule has 1 aromatic rings. The van der Waals surface area contributed by atoms with Crippen LogP contribution in [-0.2, 0) is 0 Å². The van der Waals surface area contributed by atoms with E-state index in [1.807, 2.05) is 13.0 Å². The summed E-state index contributed by atoms with van der Waals surface area (Å²) in [5.74, 6) is -2.28. The van der Waals surface area contributed by atoms with Crippen LogP contribution in [-0.4, -0.2) is 0 Å². The van der Waals surface area contributed by atoms with Gasteiger partial charge in [-0.15, -0.1) is 0 Å². The smallest absolute Gasteiger partial charge is 0.144 e. The van der Waals surface area contributed by atoms with E-state index in [4.69, 9.17) is 9.37 Å². The summed E-state index contributed by atoms with van der Waals surface area (Å²) >= 11 is 0. The highest BCUT2D eigenvalue weighted by molar-refractivity contribution is 5.36. The van der Waals surface area contributed by atoms with Gasteiger partial charge in [-0.2, -0.15) is 5.26 Å². The fourth-order valence-corrected chi connectivity index (χ4v) is 3.96. The van der Waals surface area contributed by atoms with Crippen molar-refractivity contribution in [1.82, 2.24) is 0 Å². The monoisotopic (exact) mass is 318 g/mol. The van der Waals surface area contributed by atoms with E-state index in [2.05, 4.69) is 6.08 Å². The Bertz CT molecular complexity index is 733. The molecule has 0 saturated heterocycles. The summed E-state index contributed by atoms with van der Waals surface area (Å²) in [6.07, 6.45) is 4.68. The van der Waals surface area contributed by atoms with Gasteiger partial charge >= 0.3 is 0 Å². The van der Waals surface area contributed by atoms with Gasteiger partial charge in [-0.05, 0) is 86.7 Å². The van der Waals surface area contributed by atoms with Gasteiger partial charge in [0.2, 0.25) is 0 Å². The molecule has 0 radical (unpaired) electrons. The molecule has 0 amide bonds. The second-order valence-electron chi connectivity index (χ2n) is 6.57. The van der Waals surface area contributed by atoms with Crippen molar-refractivity contribution in [1.29, 1.82) is 5.26 Å². The van der Waals surface area contributed by atoms with Crippen LogP contribution < -0.4 is 0 Å². The molecule has 5 atom stereocenters. The third-order valence-corrected chi connectivity index (χ3v) is 5.12. The van der Waals surface area contributed by atoms with Gasteiger partial charge in [-0.1, -0.05) is 12.2 Å². The van der Waals surface area contributed by atoms with Crippen molar-refractivity contribution in [3.63, 3.8) is 0 Å².